The minimum Gasteiger partial charge on any atom is -0.384 e. The van der Waals surface area contributed by atoms with E-state index in [1.165, 1.54) is 18.2 Å². The van der Waals surface area contributed by atoms with E-state index in [9.17, 15) is 17.6 Å². The molecule has 2 nitrogen and oxygen atoms in total. The summed E-state index contributed by atoms with van der Waals surface area (Å²) < 4.78 is 52.5. The number of anilines is 1. The second-order valence-corrected chi connectivity index (χ2v) is 4.14. The maximum Gasteiger partial charge on any atom is 0.417 e. The Morgan fingerprint density at radius 3 is 2.37 bits per heavy atom. The molecule has 0 aliphatic rings. The number of aryl methyl sites for hydroxylation is 1. The van der Waals surface area contributed by atoms with Crippen LogP contribution in [0.15, 0.2) is 30.5 Å². The molecule has 1 aromatic heterocycles. The van der Waals surface area contributed by atoms with E-state index in [1.807, 2.05) is 0 Å². The molecule has 100 valence electrons. The van der Waals surface area contributed by atoms with E-state index in [0.717, 1.165) is 6.20 Å². The van der Waals surface area contributed by atoms with Crippen molar-refractivity contribution in [1.82, 2.24) is 4.98 Å². The molecule has 0 fully saturated rings. The zero-order chi connectivity index (χ0) is 14.2. The van der Waals surface area contributed by atoms with Crippen LogP contribution in [-0.4, -0.2) is 4.98 Å². The highest BCUT2D eigenvalue weighted by molar-refractivity contribution is 5.69. The lowest BCUT2D eigenvalue weighted by molar-refractivity contribution is -0.137. The van der Waals surface area contributed by atoms with Crippen molar-refractivity contribution in [2.24, 2.45) is 0 Å². The highest BCUT2D eigenvalue weighted by atomic mass is 19.4. The molecule has 6 heteroatoms. The fourth-order valence-electron chi connectivity index (χ4n) is 1.76. The van der Waals surface area contributed by atoms with Gasteiger partial charge in [-0.15, -0.1) is 0 Å². The minimum atomic E-state index is -4.62. The molecule has 2 rings (SSSR count). The summed E-state index contributed by atoms with van der Waals surface area (Å²) in [6.07, 6.45) is -3.68. The summed E-state index contributed by atoms with van der Waals surface area (Å²) >= 11 is 0. The van der Waals surface area contributed by atoms with Gasteiger partial charge in [0.1, 0.15) is 11.6 Å². The number of nitrogens with two attached hydrogens (primary N) is 1. The Hall–Kier alpha value is -2.11. The van der Waals surface area contributed by atoms with Crippen molar-refractivity contribution in [3.63, 3.8) is 0 Å². The van der Waals surface area contributed by atoms with E-state index >= 15 is 0 Å². The Kier molecular flexibility index (Phi) is 3.18. The van der Waals surface area contributed by atoms with Crippen molar-refractivity contribution in [3.05, 3.63) is 47.4 Å². The molecular formula is C13H10F4N2. The highest BCUT2D eigenvalue weighted by Crippen LogP contribution is 2.38. The van der Waals surface area contributed by atoms with Gasteiger partial charge in [0.15, 0.2) is 0 Å². The third kappa shape index (κ3) is 2.67. The molecule has 0 unspecified atom stereocenters. The molecule has 0 radical (unpaired) electrons. The first-order chi connectivity index (χ1) is 8.79. The average Bonchev–Trinajstić information content (AvgIpc) is 2.28. The standard InChI is InChI=1S/C13H10F4N2/c1-7-2-3-8(11(14)4-7)9-6-19-12(18)5-10(9)13(15,16)17/h2-6H,1H3,(H2,18,19). The molecule has 0 aliphatic heterocycles. The molecule has 1 aromatic carbocycles. The van der Waals surface area contributed by atoms with Crippen molar-refractivity contribution in [2.45, 2.75) is 13.1 Å². The monoisotopic (exact) mass is 270 g/mol. The van der Waals surface area contributed by atoms with Crippen LogP contribution in [0.25, 0.3) is 11.1 Å². The number of nitrogen functional groups attached to an aromatic ring is 1. The normalized spacial score (nSPS) is 11.6. The Labute approximate surface area is 106 Å². The third-order valence-electron chi connectivity index (χ3n) is 2.65. The number of aromatic nitrogens is 1. The van der Waals surface area contributed by atoms with Crippen LogP contribution in [0.2, 0.25) is 0 Å². The number of rotatable bonds is 1. The summed E-state index contributed by atoms with van der Waals surface area (Å²) in [5, 5.41) is 0. The van der Waals surface area contributed by atoms with Crippen molar-refractivity contribution in [2.75, 3.05) is 5.73 Å². The number of halogens is 4. The minimum absolute atomic E-state index is 0.148. The second kappa shape index (κ2) is 4.53. The first-order valence-electron chi connectivity index (χ1n) is 5.38. The molecule has 0 saturated carbocycles. The number of hydrogen-bond donors (Lipinski definition) is 1. The fourth-order valence-corrected chi connectivity index (χ4v) is 1.76. The van der Waals surface area contributed by atoms with Gasteiger partial charge in [-0.05, 0) is 24.6 Å². The lowest BCUT2D eigenvalue weighted by Gasteiger charge is -2.14. The van der Waals surface area contributed by atoms with E-state index in [4.69, 9.17) is 5.73 Å². The number of alkyl halides is 3. The van der Waals surface area contributed by atoms with Crippen LogP contribution in [0.5, 0.6) is 0 Å². The van der Waals surface area contributed by atoms with Gasteiger partial charge in [0.25, 0.3) is 0 Å². The summed E-state index contributed by atoms with van der Waals surface area (Å²) in [5.74, 6) is -0.985. The van der Waals surface area contributed by atoms with Gasteiger partial charge in [-0.25, -0.2) is 9.37 Å². The third-order valence-corrected chi connectivity index (χ3v) is 2.65. The fraction of sp³-hybridized carbons (Fsp3) is 0.154. The van der Waals surface area contributed by atoms with Gasteiger partial charge >= 0.3 is 6.18 Å². The highest BCUT2D eigenvalue weighted by Gasteiger charge is 2.34. The molecule has 0 amide bonds. The van der Waals surface area contributed by atoms with E-state index < -0.39 is 17.6 Å². The maximum absolute atomic E-state index is 13.8. The van der Waals surface area contributed by atoms with Crippen LogP contribution in [0.1, 0.15) is 11.1 Å². The molecule has 0 bridgehead atoms. The summed E-state index contributed by atoms with van der Waals surface area (Å²) in [6, 6.07) is 4.71. The Balaban J connectivity index is 2.68. The summed E-state index contributed by atoms with van der Waals surface area (Å²) in [6.45, 7) is 1.65. The smallest absolute Gasteiger partial charge is 0.384 e. The molecule has 1 heterocycles. The zero-order valence-electron chi connectivity index (χ0n) is 9.92. The van der Waals surface area contributed by atoms with Crippen molar-refractivity contribution < 1.29 is 17.6 Å². The molecule has 0 saturated heterocycles. The summed E-state index contributed by atoms with van der Waals surface area (Å²) in [7, 11) is 0. The van der Waals surface area contributed by atoms with Crippen molar-refractivity contribution in [1.29, 1.82) is 0 Å². The van der Waals surface area contributed by atoms with E-state index in [2.05, 4.69) is 4.98 Å². The zero-order valence-corrected chi connectivity index (χ0v) is 9.92. The summed E-state index contributed by atoms with van der Waals surface area (Å²) in [4.78, 5) is 3.60. The van der Waals surface area contributed by atoms with Gasteiger partial charge in [0.2, 0.25) is 0 Å². The van der Waals surface area contributed by atoms with Crippen LogP contribution < -0.4 is 5.73 Å². The quantitative estimate of drug-likeness (QED) is 0.800. The lowest BCUT2D eigenvalue weighted by atomic mass is 10.00. The number of hydrogen-bond acceptors (Lipinski definition) is 2. The first-order valence-corrected chi connectivity index (χ1v) is 5.38. The SMILES string of the molecule is Cc1ccc(-c2cnc(N)cc2C(F)(F)F)c(F)c1. The molecule has 19 heavy (non-hydrogen) atoms. The largest absolute Gasteiger partial charge is 0.417 e. The average molecular weight is 270 g/mol. The molecular weight excluding hydrogens is 260 g/mol. The second-order valence-electron chi connectivity index (χ2n) is 4.14. The van der Waals surface area contributed by atoms with Gasteiger partial charge in [-0.3, -0.25) is 0 Å². The predicted molar refractivity (Wildman–Crippen MR) is 63.8 cm³/mol. The van der Waals surface area contributed by atoms with Crippen LogP contribution in [0.3, 0.4) is 0 Å². The Morgan fingerprint density at radius 1 is 1.11 bits per heavy atom. The lowest BCUT2D eigenvalue weighted by Crippen LogP contribution is -2.09. The van der Waals surface area contributed by atoms with Crippen LogP contribution in [0.4, 0.5) is 23.4 Å². The summed E-state index contributed by atoms with van der Waals surface area (Å²) in [5.41, 5.74) is 4.42. The van der Waals surface area contributed by atoms with Gasteiger partial charge in [0.05, 0.1) is 5.56 Å². The van der Waals surface area contributed by atoms with Crippen LogP contribution in [0, 0.1) is 12.7 Å². The van der Waals surface area contributed by atoms with E-state index in [0.29, 0.717) is 11.6 Å². The van der Waals surface area contributed by atoms with Gasteiger partial charge in [-0.1, -0.05) is 12.1 Å². The van der Waals surface area contributed by atoms with Crippen LogP contribution in [-0.2, 0) is 6.18 Å². The van der Waals surface area contributed by atoms with E-state index in [1.54, 1.807) is 6.92 Å². The first kappa shape index (κ1) is 13.3. The predicted octanol–water partition coefficient (Wildman–Crippen LogP) is 3.80. The number of benzene rings is 1. The molecule has 0 spiro atoms. The Bertz CT molecular complexity index is 621. The molecule has 0 atom stereocenters. The van der Waals surface area contributed by atoms with Gasteiger partial charge < -0.3 is 5.73 Å². The Morgan fingerprint density at radius 2 is 1.79 bits per heavy atom. The van der Waals surface area contributed by atoms with Gasteiger partial charge in [-0.2, -0.15) is 13.2 Å². The van der Waals surface area contributed by atoms with Crippen molar-refractivity contribution in [3.8, 4) is 11.1 Å². The number of nitrogens with zero attached hydrogens (tertiary/aromatic N) is 1. The van der Waals surface area contributed by atoms with Crippen LogP contribution >= 0.6 is 0 Å². The van der Waals surface area contributed by atoms with E-state index in [-0.39, 0.29) is 16.9 Å². The molecule has 2 aromatic rings. The molecule has 2 N–H and O–H groups in total. The maximum atomic E-state index is 13.8. The topological polar surface area (TPSA) is 38.9 Å². The van der Waals surface area contributed by atoms with Gasteiger partial charge in [0, 0.05) is 17.3 Å². The van der Waals surface area contributed by atoms with Crippen molar-refractivity contribution >= 4 is 5.82 Å². The number of pyridine rings is 1. The molecule has 0 aliphatic carbocycles.